The Morgan fingerprint density at radius 1 is 0.962 bits per heavy atom. The zero-order chi connectivity index (χ0) is 18.6. The van der Waals surface area contributed by atoms with E-state index in [-0.39, 0.29) is 18.6 Å². The number of hydrogen-bond acceptors (Lipinski definition) is 5. The van der Waals surface area contributed by atoms with Gasteiger partial charge in [-0.25, -0.2) is 0 Å². The Hall–Kier alpha value is -3.09. The highest BCUT2D eigenvalue weighted by atomic mass is 16.7. The molecule has 0 aliphatic carbocycles. The van der Waals surface area contributed by atoms with Gasteiger partial charge in [-0.2, -0.15) is 0 Å². The van der Waals surface area contributed by atoms with Gasteiger partial charge < -0.3 is 20.1 Å². The van der Waals surface area contributed by atoms with Crippen LogP contribution in [0.3, 0.4) is 0 Å². The Balaban J connectivity index is 1.54. The first-order valence-corrected chi connectivity index (χ1v) is 8.31. The highest BCUT2D eigenvalue weighted by Gasteiger charge is 2.35. The molecule has 0 atom stereocenters. The molecule has 7 nitrogen and oxygen atoms in total. The van der Waals surface area contributed by atoms with Crippen molar-refractivity contribution in [1.82, 2.24) is 15.6 Å². The third kappa shape index (κ3) is 3.93. The molecular weight excluding hydrogens is 334 g/mol. The molecule has 3 rings (SSSR count). The van der Waals surface area contributed by atoms with Crippen LogP contribution in [0.15, 0.2) is 42.7 Å². The number of hydrogen-bond donors (Lipinski definition) is 2. The summed E-state index contributed by atoms with van der Waals surface area (Å²) in [6, 6.07) is 9.10. The van der Waals surface area contributed by atoms with E-state index in [0.29, 0.717) is 24.6 Å². The summed E-state index contributed by atoms with van der Waals surface area (Å²) in [5.74, 6) is 0.668. The summed E-state index contributed by atoms with van der Waals surface area (Å²) in [7, 11) is 0. The summed E-state index contributed by atoms with van der Waals surface area (Å²) in [4.78, 5) is 28.8. The van der Waals surface area contributed by atoms with Crippen LogP contribution in [-0.4, -0.2) is 23.6 Å². The Labute approximate surface area is 151 Å². The Bertz CT molecular complexity index is 806. The number of nitrogens with zero attached hydrogens (tertiary/aromatic N) is 1. The summed E-state index contributed by atoms with van der Waals surface area (Å²) < 4.78 is 10.6. The summed E-state index contributed by atoms with van der Waals surface area (Å²) in [5, 5.41) is 5.59. The molecule has 2 aromatic rings. The smallest absolute Gasteiger partial charge is 0.235 e. The van der Waals surface area contributed by atoms with Gasteiger partial charge >= 0.3 is 0 Å². The number of nitrogens with one attached hydrogen (secondary N) is 2. The monoisotopic (exact) mass is 355 g/mol. The average molecular weight is 355 g/mol. The molecule has 1 aromatic carbocycles. The molecule has 0 saturated carbocycles. The van der Waals surface area contributed by atoms with E-state index in [1.165, 1.54) is 0 Å². The standard InChI is InChI=1S/C19H21N3O4/c1-19(2,17(23)21-10-13-5-7-20-8-6-13)18(24)22-11-14-3-4-15-16(9-14)26-12-25-15/h3-9H,10-12H2,1-2H3,(H,21,23)(H,22,24). The predicted molar refractivity (Wildman–Crippen MR) is 94.3 cm³/mol. The SMILES string of the molecule is CC(C)(C(=O)NCc1ccncc1)C(=O)NCc1ccc2c(c1)OCO2. The number of amides is 2. The molecule has 0 radical (unpaired) electrons. The first-order chi connectivity index (χ1) is 12.5. The molecule has 2 N–H and O–H groups in total. The van der Waals surface area contributed by atoms with E-state index < -0.39 is 5.41 Å². The van der Waals surface area contributed by atoms with Crippen LogP contribution in [0.25, 0.3) is 0 Å². The number of carbonyl (C=O) groups excluding carboxylic acids is 2. The number of rotatable bonds is 6. The number of carbonyl (C=O) groups is 2. The van der Waals surface area contributed by atoms with Gasteiger partial charge in [0.05, 0.1) is 0 Å². The maximum Gasteiger partial charge on any atom is 0.235 e. The van der Waals surface area contributed by atoms with Crippen LogP contribution in [0.4, 0.5) is 0 Å². The van der Waals surface area contributed by atoms with Crippen LogP contribution >= 0.6 is 0 Å². The Kier molecular flexibility index (Phi) is 5.06. The number of pyridine rings is 1. The van der Waals surface area contributed by atoms with Crippen LogP contribution in [0, 0.1) is 5.41 Å². The first kappa shape index (κ1) is 17.7. The van der Waals surface area contributed by atoms with E-state index in [9.17, 15) is 9.59 Å². The van der Waals surface area contributed by atoms with E-state index in [1.54, 1.807) is 32.3 Å². The fraction of sp³-hybridized carbons (Fsp3) is 0.316. The van der Waals surface area contributed by atoms with Crippen molar-refractivity contribution in [3.8, 4) is 11.5 Å². The van der Waals surface area contributed by atoms with Gasteiger partial charge in [-0.1, -0.05) is 6.07 Å². The van der Waals surface area contributed by atoms with E-state index >= 15 is 0 Å². The van der Waals surface area contributed by atoms with Gasteiger partial charge in [-0.15, -0.1) is 0 Å². The number of ether oxygens (including phenoxy) is 2. The lowest BCUT2D eigenvalue weighted by Gasteiger charge is -2.22. The number of aromatic nitrogens is 1. The molecule has 1 aliphatic heterocycles. The van der Waals surface area contributed by atoms with Crippen LogP contribution in [0.1, 0.15) is 25.0 Å². The zero-order valence-corrected chi connectivity index (χ0v) is 14.7. The van der Waals surface area contributed by atoms with Gasteiger partial charge in [-0.3, -0.25) is 14.6 Å². The van der Waals surface area contributed by atoms with E-state index in [4.69, 9.17) is 9.47 Å². The third-order valence-electron chi connectivity index (χ3n) is 4.23. The number of fused-ring (bicyclic) bond motifs is 1. The van der Waals surface area contributed by atoms with Gasteiger partial charge in [-0.05, 0) is 49.2 Å². The van der Waals surface area contributed by atoms with E-state index in [1.807, 2.05) is 24.3 Å². The predicted octanol–water partition coefficient (Wildman–Crippen LogP) is 1.77. The van der Waals surface area contributed by atoms with Crippen LogP contribution in [0.5, 0.6) is 11.5 Å². The molecule has 136 valence electrons. The maximum absolute atomic E-state index is 12.5. The van der Waals surface area contributed by atoms with Gasteiger partial charge in [0.25, 0.3) is 0 Å². The van der Waals surface area contributed by atoms with Gasteiger partial charge in [0.2, 0.25) is 18.6 Å². The molecule has 7 heteroatoms. The van der Waals surface area contributed by atoms with E-state index in [0.717, 1.165) is 11.1 Å². The molecule has 1 aliphatic rings. The van der Waals surface area contributed by atoms with Crippen LogP contribution in [-0.2, 0) is 22.7 Å². The molecule has 0 unspecified atom stereocenters. The van der Waals surface area contributed by atoms with Crippen molar-refractivity contribution in [3.05, 3.63) is 53.9 Å². The van der Waals surface area contributed by atoms with Crippen molar-refractivity contribution in [2.24, 2.45) is 5.41 Å². The summed E-state index contributed by atoms with van der Waals surface area (Å²) in [5.41, 5.74) is 0.601. The van der Waals surface area contributed by atoms with Crippen molar-refractivity contribution in [2.45, 2.75) is 26.9 Å². The first-order valence-electron chi connectivity index (χ1n) is 8.31. The Morgan fingerprint density at radius 2 is 1.58 bits per heavy atom. The Morgan fingerprint density at radius 3 is 2.27 bits per heavy atom. The minimum absolute atomic E-state index is 0.204. The average Bonchev–Trinajstić information content (AvgIpc) is 3.12. The fourth-order valence-electron chi connectivity index (χ4n) is 2.46. The van der Waals surface area contributed by atoms with Crippen molar-refractivity contribution < 1.29 is 19.1 Å². The van der Waals surface area contributed by atoms with Crippen molar-refractivity contribution in [3.63, 3.8) is 0 Å². The quantitative estimate of drug-likeness (QED) is 0.771. The second-order valence-corrected chi connectivity index (χ2v) is 6.53. The second kappa shape index (κ2) is 7.43. The van der Waals surface area contributed by atoms with Crippen molar-refractivity contribution in [1.29, 1.82) is 0 Å². The molecule has 26 heavy (non-hydrogen) atoms. The molecule has 0 bridgehead atoms. The molecular formula is C19H21N3O4. The maximum atomic E-state index is 12.5. The molecule has 0 spiro atoms. The van der Waals surface area contributed by atoms with E-state index in [2.05, 4.69) is 15.6 Å². The lowest BCUT2D eigenvalue weighted by atomic mass is 9.91. The summed E-state index contributed by atoms with van der Waals surface area (Å²) in [6.45, 7) is 4.06. The molecule has 0 fully saturated rings. The highest BCUT2D eigenvalue weighted by Crippen LogP contribution is 2.32. The largest absolute Gasteiger partial charge is 0.454 e. The van der Waals surface area contributed by atoms with Crippen molar-refractivity contribution in [2.75, 3.05) is 6.79 Å². The van der Waals surface area contributed by atoms with Gasteiger partial charge in [0.1, 0.15) is 5.41 Å². The van der Waals surface area contributed by atoms with Crippen LogP contribution in [0.2, 0.25) is 0 Å². The van der Waals surface area contributed by atoms with Crippen LogP contribution < -0.4 is 20.1 Å². The topological polar surface area (TPSA) is 89.6 Å². The van der Waals surface area contributed by atoms with Gasteiger partial charge in [0, 0.05) is 25.5 Å². The van der Waals surface area contributed by atoms with Crippen molar-refractivity contribution >= 4 is 11.8 Å². The fourth-order valence-corrected chi connectivity index (χ4v) is 2.46. The molecule has 0 saturated heterocycles. The number of benzene rings is 1. The second-order valence-electron chi connectivity index (χ2n) is 6.53. The lowest BCUT2D eigenvalue weighted by molar-refractivity contribution is -0.141. The minimum Gasteiger partial charge on any atom is -0.454 e. The minimum atomic E-state index is -1.19. The molecule has 2 amide bonds. The summed E-state index contributed by atoms with van der Waals surface area (Å²) >= 11 is 0. The zero-order valence-electron chi connectivity index (χ0n) is 14.7. The summed E-state index contributed by atoms with van der Waals surface area (Å²) in [6.07, 6.45) is 3.31. The third-order valence-corrected chi connectivity index (χ3v) is 4.23. The molecule has 1 aromatic heterocycles. The normalized spacial score (nSPS) is 12.5. The highest BCUT2D eigenvalue weighted by molar-refractivity contribution is 6.04. The molecule has 2 heterocycles. The van der Waals surface area contributed by atoms with Gasteiger partial charge in [0.15, 0.2) is 11.5 Å². The lowest BCUT2D eigenvalue weighted by Crippen LogP contribution is -2.47.